The van der Waals surface area contributed by atoms with Crippen LogP contribution in [0, 0.1) is 0 Å². The second-order valence-corrected chi connectivity index (χ2v) is 6.27. The minimum absolute atomic E-state index is 0.103. The molecule has 24 heavy (non-hydrogen) atoms. The number of hydrogen-bond acceptors (Lipinski definition) is 6. The van der Waals surface area contributed by atoms with Gasteiger partial charge in [0.05, 0.1) is 17.6 Å². The van der Waals surface area contributed by atoms with Crippen molar-refractivity contribution in [1.82, 2.24) is 19.1 Å². The maximum atomic E-state index is 12.6. The maximum Gasteiger partial charge on any atom is 0.332 e. The van der Waals surface area contributed by atoms with Crippen molar-refractivity contribution in [2.75, 3.05) is 6.61 Å². The van der Waals surface area contributed by atoms with Crippen molar-refractivity contribution < 1.29 is 4.74 Å². The molecule has 0 saturated heterocycles. The van der Waals surface area contributed by atoms with Crippen molar-refractivity contribution in [3.05, 3.63) is 55.2 Å². The number of thiazole rings is 1. The van der Waals surface area contributed by atoms with Crippen LogP contribution in [0.5, 0.6) is 0 Å². The van der Waals surface area contributed by atoms with Gasteiger partial charge in [-0.25, -0.2) is 14.8 Å². The van der Waals surface area contributed by atoms with Gasteiger partial charge < -0.3 is 4.74 Å². The lowest BCUT2D eigenvalue weighted by Gasteiger charge is -2.09. The van der Waals surface area contributed by atoms with E-state index in [1.165, 1.54) is 20.5 Å². The normalized spacial score (nSPS) is 12.6. The van der Waals surface area contributed by atoms with Gasteiger partial charge in [-0.15, -0.1) is 11.3 Å². The predicted octanol–water partition coefficient (Wildman–Crippen LogP) is 1.70. The highest BCUT2D eigenvalue weighted by atomic mass is 32.1. The van der Waals surface area contributed by atoms with Crippen LogP contribution in [-0.2, 0) is 18.3 Å². The number of ether oxygens (including phenoxy) is 1. The summed E-state index contributed by atoms with van der Waals surface area (Å²) in [6.07, 6.45) is 1.46. The summed E-state index contributed by atoms with van der Waals surface area (Å²) in [6, 6.07) is 3.35. The van der Waals surface area contributed by atoms with E-state index in [4.69, 9.17) is 4.74 Å². The molecule has 0 saturated carbocycles. The molecule has 0 aliphatic rings. The summed E-state index contributed by atoms with van der Waals surface area (Å²) in [7, 11) is 1.61. The quantitative estimate of drug-likeness (QED) is 0.702. The lowest BCUT2D eigenvalue weighted by molar-refractivity contribution is 0.0761. The van der Waals surface area contributed by atoms with E-state index >= 15 is 0 Å². The average molecular weight is 346 g/mol. The Morgan fingerprint density at radius 2 is 2.17 bits per heavy atom. The van der Waals surface area contributed by atoms with E-state index in [0.717, 1.165) is 5.01 Å². The minimum atomic E-state index is -0.404. The number of aryl methyl sites for hydroxylation is 1. The first-order chi connectivity index (χ1) is 11.5. The SMILES string of the molecule is CCOC(C)c1nc(Cn2c(=O)c3cccnc3n(C)c2=O)cs1. The first-order valence-corrected chi connectivity index (χ1v) is 8.51. The Kier molecular flexibility index (Phi) is 4.59. The molecule has 3 rings (SSSR count). The summed E-state index contributed by atoms with van der Waals surface area (Å²) >= 11 is 1.46. The van der Waals surface area contributed by atoms with Crippen molar-refractivity contribution >= 4 is 22.4 Å². The van der Waals surface area contributed by atoms with Gasteiger partial charge >= 0.3 is 5.69 Å². The van der Waals surface area contributed by atoms with E-state index in [9.17, 15) is 9.59 Å². The molecule has 0 spiro atoms. The Labute approximate surface area is 142 Å². The number of fused-ring (bicyclic) bond motifs is 1. The van der Waals surface area contributed by atoms with Gasteiger partial charge in [0, 0.05) is 25.2 Å². The molecule has 3 heterocycles. The van der Waals surface area contributed by atoms with Gasteiger partial charge in [-0.05, 0) is 26.0 Å². The van der Waals surface area contributed by atoms with Gasteiger partial charge in [-0.1, -0.05) is 0 Å². The lowest BCUT2D eigenvalue weighted by atomic mass is 10.3. The molecular formula is C16H18N4O3S. The molecule has 0 fully saturated rings. The predicted molar refractivity (Wildman–Crippen MR) is 92.5 cm³/mol. The fraction of sp³-hybridized carbons (Fsp3) is 0.375. The van der Waals surface area contributed by atoms with Crippen molar-refractivity contribution in [3.63, 3.8) is 0 Å². The zero-order valence-electron chi connectivity index (χ0n) is 13.7. The molecule has 0 aromatic carbocycles. The summed E-state index contributed by atoms with van der Waals surface area (Å²) in [6.45, 7) is 4.59. The number of pyridine rings is 1. The molecule has 0 aliphatic heterocycles. The third-order valence-electron chi connectivity index (χ3n) is 3.75. The third kappa shape index (κ3) is 2.90. The van der Waals surface area contributed by atoms with Crippen LogP contribution in [0.2, 0.25) is 0 Å². The molecule has 0 radical (unpaired) electrons. The highest BCUT2D eigenvalue weighted by Crippen LogP contribution is 2.21. The van der Waals surface area contributed by atoms with Gasteiger partial charge in [-0.2, -0.15) is 0 Å². The zero-order chi connectivity index (χ0) is 17.3. The summed E-state index contributed by atoms with van der Waals surface area (Å²) in [5.41, 5.74) is 0.295. The molecule has 3 aromatic rings. The van der Waals surface area contributed by atoms with Crippen molar-refractivity contribution in [2.45, 2.75) is 26.5 Å². The number of rotatable bonds is 5. The Morgan fingerprint density at radius 3 is 2.92 bits per heavy atom. The number of aromatic nitrogens is 4. The van der Waals surface area contributed by atoms with Crippen LogP contribution in [0.25, 0.3) is 11.0 Å². The standard InChI is InChI=1S/C16H18N4O3S/c1-4-23-10(2)14-18-11(9-24-14)8-20-15(21)12-6-5-7-17-13(12)19(3)16(20)22/h5-7,9-10H,4,8H2,1-3H3. The number of hydrogen-bond donors (Lipinski definition) is 0. The van der Waals surface area contributed by atoms with Gasteiger partial charge in [0.2, 0.25) is 0 Å². The van der Waals surface area contributed by atoms with Gasteiger partial charge in [-0.3, -0.25) is 13.9 Å². The Balaban J connectivity index is 2.02. The highest BCUT2D eigenvalue weighted by Gasteiger charge is 2.15. The van der Waals surface area contributed by atoms with Gasteiger partial charge in [0.1, 0.15) is 16.8 Å². The van der Waals surface area contributed by atoms with E-state index in [0.29, 0.717) is 23.3 Å². The second-order valence-electron chi connectivity index (χ2n) is 5.38. The van der Waals surface area contributed by atoms with Crippen LogP contribution in [0.3, 0.4) is 0 Å². The lowest BCUT2D eigenvalue weighted by Crippen LogP contribution is -2.39. The van der Waals surface area contributed by atoms with E-state index in [1.54, 1.807) is 25.4 Å². The Hall–Kier alpha value is -2.32. The van der Waals surface area contributed by atoms with Crippen LogP contribution in [0.15, 0.2) is 33.3 Å². The monoisotopic (exact) mass is 346 g/mol. The van der Waals surface area contributed by atoms with Crippen molar-refractivity contribution in [1.29, 1.82) is 0 Å². The third-order valence-corrected chi connectivity index (χ3v) is 4.81. The zero-order valence-corrected chi connectivity index (χ0v) is 14.5. The molecule has 1 unspecified atom stereocenters. The molecule has 3 aromatic heterocycles. The van der Waals surface area contributed by atoms with Crippen LogP contribution in [-0.4, -0.2) is 25.7 Å². The minimum Gasteiger partial charge on any atom is -0.372 e. The van der Waals surface area contributed by atoms with Crippen molar-refractivity contribution in [3.8, 4) is 0 Å². The maximum absolute atomic E-state index is 12.6. The summed E-state index contributed by atoms with van der Waals surface area (Å²) in [5.74, 6) is 0. The highest BCUT2D eigenvalue weighted by molar-refractivity contribution is 7.09. The van der Waals surface area contributed by atoms with Crippen LogP contribution in [0.1, 0.15) is 30.7 Å². The smallest absolute Gasteiger partial charge is 0.332 e. The fourth-order valence-electron chi connectivity index (χ4n) is 2.54. The largest absolute Gasteiger partial charge is 0.372 e. The van der Waals surface area contributed by atoms with E-state index in [2.05, 4.69) is 9.97 Å². The molecule has 0 bridgehead atoms. The first-order valence-electron chi connectivity index (χ1n) is 7.63. The van der Waals surface area contributed by atoms with Gasteiger partial charge in [0.25, 0.3) is 5.56 Å². The van der Waals surface area contributed by atoms with Crippen molar-refractivity contribution in [2.24, 2.45) is 7.05 Å². The average Bonchev–Trinajstić information content (AvgIpc) is 3.06. The van der Waals surface area contributed by atoms with Crippen LogP contribution in [0.4, 0.5) is 0 Å². The van der Waals surface area contributed by atoms with Gasteiger partial charge in [0.15, 0.2) is 0 Å². The first kappa shape index (κ1) is 16.5. The summed E-state index contributed by atoms with van der Waals surface area (Å²) < 4.78 is 8.09. The molecule has 126 valence electrons. The molecule has 0 N–H and O–H groups in total. The molecule has 8 heteroatoms. The Bertz CT molecular complexity index is 989. The summed E-state index contributed by atoms with van der Waals surface area (Å²) in [4.78, 5) is 33.7. The topological polar surface area (TPSA) is 79.0 Å². The molecule has 0 amide bonds. The molecule has 1 atom stereocenters. The summed E-state index contributed by atoms with van der Waals surface area (Å²) in [5, 5.41) is 3.10. The second kappa shape index (κ2) is 6.66. The Morgan fingerprint density at radius 1 is 1.38 bits per heavy atom. The number of nitrogens with zero attached hydrogens (tertiary/aromatic N) is 4. The van der Waals surface area contributed by atoms with E-state index in [1.807, 2.05) is 19.2 Å². The fourth-order valence-corrected chi connectivity index (χ4v) is 3.35. The van der Waals surface area contributed by atoms with E-state index in [-0.39, 0.29) is 18.2 Å². The van der Waals surface area contributed by atoms with E-state index < -0.39 is 5.69 Å². The van der Waals surface area contributed by atoms with Crippen LogP contribution >= 0.6 is 11.3 Å². The molecular weight excluding hydrogens is 328 g/mol. The van der Waals surface area contributed by atoms with Crippen LogP contribution < -0.4 is 11.2 Å². The molecule has 7 nitrogen and oxygen atoms in total. The molecule has 0 aliphatic carbocycles.